The molecule has 0 radical (unpaired) electrons. The van der Waals surface area contributed by atoms with Crippen LogP contribution in [-0.4, -0.2) is 24.6 Å². The second-order valence-electron chi connectivity index (χ2n) is 4.59. The van der Waals surface area contributed by atoms with Crippen molar-refractivity contribution in [1.29, 1.82) is 0 Å². The fourth-order valence-electron chi connectivity index (χ4n) is 1.83. The summed E-state index contributed by atoms with van der Waals surface area (Å²) >= 11 is 0.566. The molecule has 0 amide bonds. The van der Waals surface area contributed by atoms with Gasteiger partial charge < -0.3 is 4.57 Å². The van der Waals surface area contributed by atoms with Gasteiger partial charge in [-0.1, -0.05) is 0 Å². The lowest BCUT2D eigenvalue weighted by Crippen LogP contribution is -2.12. The number of nitrogens with zero attached hydrogens (tertiary/aromatic N) is 5. The molecule has 0 aliphatic carbocycles. The number of halogens is 3. The van der Waals surface area contributed by atoms with E-state index in [-0.39, 0.29) is 15.6 Å². The van der Waals surface area contributed by atoms with Crippen LogP contribution < -0.4 is 0 Å². The average Bonchev–Trinajstić information content (AvgIpc) is 2.79. The SMILES string of the molecule is Cc1cc(Sc2nnc(C(F)(F)F)n2C)c([N+](=O)[O-])cc1[N+](=O)[O-]. The molecular weight excluding hydrogens is 355 g/mol. The number of aromatic nitrogens is 3. The van der Waals surface area contributed by atoms with Crippen LogP contribution in [0.3, 0.4) is 0 Å². The minimum Gasteiger partial charge on any atom is -0.301 e. The van der Waals surface area contributed by atoms with E-state index in [1.807, 2.05) is 0 Å². The molecule has 0 fully saturated rings. The molecule has 0 unspecified atom stereocenters. The highest BCUT2D eigenvalue weighted by Gasteiger charge is 2.38. The van der Waals surface area contributed by atoms with Crippen molar-refractivity contribution in [1.82, 2.24) is 14.8 Å². The van der Waals surface area contributed by atoms with Crippen LogP contribution >= 0.6 is 11.8 Å². The van der Waals surface area contributed by atoms with Crippen molar-refractivity contribution in [3.8, 4) is 0 Å². The second-order valence-corrected chi connectivity index (χ2v) is 5.59. The van der Waals surface area contributed by atoms with E-state index in [4.69, 9.17) is 0 Å². The van der Waals surface area contributed by atoms with E-state index in [9.17, 15) is 33.4 Å². The predicted octanol–water partition coefficient (Wildman–Crippen LogP) is 3.11. The number of hydrogen-bond acceptors (Lipinski definition) is 7. The Labute approximate surface area is 135 Å². The number of nitro groups is 2. The third kappa shape index (κ3) is 3.29. The van der Waals surface area contributed by atoms with Crippen LogP contribution in [-0.2, 0) is 13.2 Å². The zero-order chi connectivity index (χ0) is 18.2. The van der Waals surface area contributed by atoms with Gasteiger partial charge in [0.15, 0.2) is 5.16 Å². The molecule has 2 rings (SSSR count). The van der Waals surface area contributed by atoms with Crippen LogP contribution in [0.2, 0.25) is 0 Å². The molecule has 9 nitrogen and oxygen atoms in total. The molecule has 0 atom stereocenters. The summed E-state index contributed by atoms with van der Waals surface area (Å²) < 4.78 is 38.7. The molecule has 0 N–H and O–H groups in total. The monoisotopic (exact) mass is 363 g/mol. The van der Waals surface area contributed by atoms with Gasteiger partial charge in [-0.15, -0.1) is 10.2 Å². The Kier molecular flexibility index (Phi) is 4.46. The van der Waals surface area contributed by atoms with E-state index in [1.165, 1.54) is 6.92 Å². The van der Waals surface area contributed by atoms with Gasteiger partial charge in [-0.05, 0) is 24.8 Å². The molecule has 1 heterocycles. The molecule has 0 saturated carbocycles. The zero-order valence-corrected chi connectivity index (χ0v) is 12.9. The van der Waals surface area contributed by atoms with Gasteiger partial charge in [0.2, 0.25) is 5.82 Å². The van der Waals surface area contributed by atoms with Crippen molar-refractivity contribution in [3.63, 3.8) is 0 Å². The van der Waals surface area contributed by atoms with Crippen LogP contribution in [0.5, 0.6) is 0 Å². The second kappa shape index (κ2) is 6.07. The number of nitro benzene ring substituents is 2. The van der Waals surface area contributed by atoms with Crippen molar-refractivity contribution >= 4 is 23.1 Å². The number of benzene rings is 1. The van der Waals surface area contributed by atoms with E-state index >= 15 is 0 Å². The highest BCUT2D eigenvalue weighted by atomic mass is 32.2. The summed E-state index contributed by atoms with van der Waals surface area (Å²) in [5, 5.41) is 28.1. The summed E-state index contributed by atoms with van der Waals surface area (Å²) in [6, 6.07) is 1.92. The van der Waals surface area contributed by atoms with Crippen LogP contribution in [0, 0.1) is 27.2 Å². The van der Waals surface area contributed by atoms with Crippen LogP contribution in [0.15, 0.2) is 22.2 Å². The largest absolute Gasteiger partial charge is 0.451 e. The lowest BCUT2D eigenvalue weighted by molar-refractivity contribution is -0.396. The van der Waals surface area contributed by atoms with E-state index in [2.05, 4.69) is 10.2 Å². The molecule has 1 aromatic heterocycles. The van der Waals surface area contributed by atoms with Crippen molar-refractivity contribution < 1.29 is 23.0 Å². The number of alkyl halides is 3. The third-order valence-electron chi connectivity index (χ3n) is 2.96. The van der Waals surface area contributed by atoms with E-state index in [1.54, 1.807) is 0 Å². The normalized spacial score (nSPS) is 11.5. The Morgan fingerprint density at radius 2 is 1.71 bits per heavy atom. The lowest BCUT2D eigenvalue weighted by Gasteiger charge is -2.07. The van der Waals surface area contributed by atoms with Gasteiger partial charge in [0, 0.05) is 12.6 Å². The first-order valence-corrected chi connectivity index (χ1v) is 6.92. The lowest BCUT2D eigenvalue weighted by atomic mass is 10.2. The summed E-state index contributed by atoms with van der Waals surface area (Å²) in [4.78, 5) is 20.2. The van der Waals surface area contributed by atoms with Crippen LogP contribution in [0.1, 0.15) is 11.4 Å². The van der Waals surface area contributed by atoms with Gasteiger partial charge in [0.05, 0.1) is 20.8 Å². The Hall–Kier alpha value is -2.70. The highest BCUT2D eigenvalue weighted by Crippen LogP contribution is 2.39. The van der Waals surface area contributed by atoms with Gasteiger partial charge in [0.1, 0.15) is 0 Å². The maximum absolute atomic E-state index is 12.7. The molecule has 1 aromatic carbocycles. The molecule has 0 spiro atoms. The summed E-state index contributed by atoms with van der Waals surface area (Å²) in [5.74, 6) is -1.26. The quantitative estimate of drug-likeness (QED) is 0.605. The van der Waals surface area contributed by atoms with Crippen molar-refractivity contribution in [2.75, 3.05) is 0 Å². The fourth-order valence-corrected chi connectivity index (χ4v) is 2.80. The maximum atomic E-state index is 12.7. The maximum Gasteiger partial charge on any atom is 0.451 e. The fraction of sp³-hybridized carbons (Fsp3) is 0.273. The van der Waals surface area contributed by atoms with Crippen molar-refractivity contribution in [2.24, 2.45) is 7.05 Å². The van der Waals surface area contributed by atoms with E-state index < -0.39 is 33.2 Å². The standard InChI is InChI=1S/C11H8F3N5O4S/c1-5-3-8(7(19(22)23)4-6(5)18(20)21)24-10-16-15-9(17(10)2)11(12,13)14/h3-4H,1-2H3. The highest BCUT2D eigenvalue weighted by molar-refractivity contribution is 7.99. The Balaban J connectivity index is 2.51. The zero-order valence-electron chi connectivity index (χ0n) is 12.1. The third-order valence-corrected chi connectivity index (χ3v) is 4.05. The molecule has 24 heavy (non-hydrogen) atoms. The Morgan fingerprint density at radius 3 is 2.17 bits per heavy atom. The Bertz CT molecular complexity index is 836. The molecule has 0 aliphatic heterocycles. The number of aryl methyl sites for hydroxylation is 1. The summed E-state index contributed by atoms with van der Waals surface area (Å²) in [5.41, 5.74) is -0.930. The minimum atomic E-state index is -4.72. The van der Waals surface area contributed by atoms with Crippen molar-refractivity contribution in [2.45, 2.75) is 23.2 Å². The van der Waals surface area contributed by atoms with Gasteiger partial charge >= 0.3 is 6.18 Å². The average molecular weight is 363 g/mol. The van der Waals surface area contributed by atoms with Crippen molar-refractivity contribution in [3.05, 3.63) is 43.7 Å². The smallest absolute Gasteiger partial charge is 0.301 e. The van der Waals surface area contributed by atoms with Crippen LogP contribution in [0.4, 0.5) is 24.5 Å². The molecule has 0 aliphatic rings. The predicted molar refractivity (Wildman–Crippen MR) is 74.6 cm³/mol. The summed E-state index contributed by atoms with van der Waals surface area (Å²) in [6.45, 7) is 1.36. The summed E-state index contributed by atoms with van der Waals surface area (Å²) in [6.07, 6.45) is -4.72. The van der Waals surface area contributed by atoms with Gasteiger partial charge in [0.25, 0.3) is 11.4 Å². The summed E-state index contributed by atoms with van der Waals surface area (Å²) in [7, 11) is 1.06. The number of hydrogen-bond donors (Lipinski definition) is 0. The molecule has 0 saturated heterocycles. The molecule has 0 bridgehead atoms. The first-order chi connectivity index (χ1) is 11.0. The minimum absolute atomic E-state index is 0.0766. The Morgan fingerprint density at radius 1 is 1.12 bits per heavy atom. The van der Waals surface area contributed by atoms with Gasteiger partial charge in [-0.25, -0.2) is 0 Å². The van der Waals surface area contributed by atoms with Gasteiger partial charge in [-0.3, -0.25) is 20.2 Å². The topological polar surface area (TPSA) is 117 Å². The first-order valence-electron chi connectivity index (χ1n) is 6.10. The van der Waals surface area contributed by atoms with E-state index in [0.717, 1.165) is 19.2 Å². The van der Waals surface area contributed by atoms with Gasteiger partial charge in [-0.2, -0.15) is 13.2 Å². The van der Waals surface area contributed by atoms with E-state index in [0.29, 0.717) is 16.3 Å². The number of rotatable bonds is 4. The first kappa shape index (κ1) is 17.7. The molecule has 13 heteroatoms. The molecule has 128 valence electrons. The molecule has 2 aromatic rings. The van der Waals surface area contributed by atoms with Crippen LogP contribution in [0.25, 0.3) is 0 Å². The molecular formula is C11H8F3N5O4S.